The van der Waals surface area contributed by atoms with Crippen molar-refractivity contribution in [2.75, 3.05) is 6.61 Å². The smallest absolute Gasteiger partial charge is 0.311 e. The van der Waals surface area contributed by atoms with Crippen molar-refractivity contribution in [3.8, 4) is 0 Å². The molecule has 0 unspecified atom stereocenters. The lowest BCUT2D eigenvalue weighted by atomic mass is 10.3. The van der Waals surface area contributed by atoms with Gasteiger partial charge >= 0.3 is 5.97 Å². The molecule has 120 valence electrons. The number of nitrogens with one attached hydrogen (secondary N) is 1. The van der Waals surface area contributed by atoms with Gasteiger partial charge in [0.1, 0.15) is 0 Å². The third kappa shape index (κ3) is 6.95. The van der Waals surface area contributed by atoms with Crippen molar-refractivity contribution >= 4 is 41.0 Å². The number of halogens is 1. The molecule has 0 radical (unpaired) electrons. The van der Waals surface area contributed by atoms with Gasteiger partial charge in [-0.25, -0.2) is 5.43 Å². The molecule has 1 amide bonds. The van der Waals surface area contributed by atoms with E-state index in [-0.39, 0.29) is 23.5 Å². The number of carbonyl (C=O) groups is 2. The van der Waals surface area contributed by atoms with Gasteiger partial charge in [0.05, 0.1) is 18.3 Å². The summed E-state index contributed by atoms with van der Waals surface area (Å²) in [6, 6.07) is 7.25. The Morgan fingerprint density at radius 1 is 1.36 bits per heavy atom. The Bertz CT molecular complexity index is 546. The number of rotatable bonds is 7. The van der Waals surface area contributed by atoms with E-state index in [0.29, 0.717) is 17.3 Å². The summed E-state index contributed by atoms with van der Waals surface area (Å²) in [7, 11) is 0. The SMILES string of the molecule is CCOC(=O)C/C(C)=N\NC(=O)[C@@H](C)Sc1ccc(Cl)cc1. The molecule has 0 aliphatic carbocycles. The maximum Gasteiger partial charge on any atom is 0.311 e. The maximum absolute atomic E-state index is 11.9. The molecule has 1 rings (SSSR count). The first-order valence-electron chi connectivity index (χ1n) is 6.83. The molecule has 0 spiro atoms. The Morgan fingerprint density at radius 2 is 2.00 bits per heavy atom. The van der Waals surface area contributed by atoms with Crippen molar-refractivity contribution < 1.29 is 14.3 Å². The van der Waals surface area contributed by atoms with Crippen LogP contribution in [-0.4, -0.2) is 29.4 Å². The first kappa shape index (κ1) is 18.5. The third-order valence-corrected chi connectivity index (χ3v) is 3.92. The number of hydrazone groups is 1. The topological polar surface area (TPSA) is 67.8 Å². The van der Waals surface area contributed by atoms with Crippen LogP contribution in [0.4, 0.5) is 0 Å². The van der Waals surface area contributed by atoms with Crippen LogP contribution in [0, 0.1) is 0 Å². The predicted molar refractivity (Wildman–Crippen MR) is 89.3 cm³/mol. The highest BCUT2D eigenvalue weighted by Gasteiger charge is 2.14. The van der Waals surface area contributed by atoms with Crippen LogP contribution in [0.25, 0.3) is 0 Å². The Kier molecular flexibility index (Phi) is 7.98. The highest BCUT2D eigenvalue weighted by atomic mass is 35.5. The number of ether oxygens (including phenoxy) is 1. The lowest BCUT2D eigenvalue weighted by molar-refractivity contribution is -0.141. The summed E-state index contributed by atoms with van der Waals surface area (Å²) in [6.45, 7) is 5.51. The van der Waals surface area contributed by atoms with Gasteiger partial charge in [-0.15, -0.1) is 11.8 Å². The lowest BCUT2D eigenvalue weighted by Gasteiger charge is -2.10. The average molecular weight is 343 g/mol. The second-order valence-electron chi connectivity index (χ2n) is 4.52. The summed E-state index contributed by atoms with van der Waals surface area (Å²) >= 11 is 7.22. The monoisotopic (exact) mass is 342 g/mol. The maximum atomic E-state index is 11.9. The second-order valence-corrected chi connectivity index (χ2v) is 6.37. The molecule has 0 bridgehead atoms. The molecule has 0 saturated carbocycles. The molecular formula is C15H19ClN2O3S. The zero-order valence-electron chi connectivity index (χ0n) is 12.8. The highest BCUT2D eigenvalue weighted by Crippen LogP contribution is 2.24. The third-order valence-electron chi connectivity index (χ3n) is 2.56. The van der Waals surface area contributed by atoms with Crippen molar-refractivity contribution in [1.29, 1.82) is 0 Å². The Balaban J connectivity index is 2.46. The minimum absolute atomic E-state index is 0.0623. The number of hydrogen-bond acceptors (Lipinski definition) is 5. The van der Waals surface area contributed by atoms with Crippen molar-refractivity contribution in [3.63, 3.8) is 0 Å². The molecule has 5 nitrogen and oxygen atoms in total. The van der Waals surface area contributed by atoms with Crippen LogP contribution >= 0.6 is 23.4 Å². The van der Waals surface area contributed by atoms with Crippen LogP contribution < -0.4 is 5.43 Å². The minimum atomic E-state index is -0.360. The van der Waals surface area contributed by atoms with Gasteiger partial charge < -0.3 is 4.74 Å². The molecule has 0 aliphatic rings. The summed E-state index contributed by atoms with van der Waals surface area (Å²) in [4.78, 5) is 24.2. The van der Waals surface area contributed by atoms with E-state index in [0.717, 1.165) is 4.90 Å². The average Bonchev–Trinajstić information content (AvgIpc) is 2.47. The van der Waals surface area contributed by atoms with E-state index < -0.39 is 0 Å². The predicted octanol–water partition coefficient (Wildman–Crippen LogP) is 3.27. The van der Waals surface area contributed by atoms with Gasteiger partial charge in [-0.3, -0.25) is 9.59 Å². The van der Waals surface area contributed by atoms with E-state index in [1.54, 1.807) is 32.9 Å². The number of benzene rings is 1. The van der Waals surface area contributed by atoms with Crippen LogP contribution in [0.5, 0.6) is 0 Å². The van der Waals surface area contributed by atoms with E-state index in [1.807, 2.05) is 12.1 Å². The fraction of sp³-hybridized carbons (Fsp3) is 0.400. The number of thioether (sulfide) groups is 1. The molecule has 1 aromatic carbocycles. The van der Waals surface area contributed by atoms with Gasteiger partial charge in [0.25, 0.3) is 5.91 Å². The van der Waals surface area contributed by atoms with Crippen LogP contribution in [-0.2, 0) is 14.3 Å². The van der Waals surface area contributed by atoms with Gasteiger partial charge in [0.2, 0.25) is 0 Å². The summed E-state index contributed by atoms with van der Waals surface area (Å²) in [6.07, 6.45) is 0.0623. The van der Waals surface area contributed by atoms with Crippen molar-refractivity contribution in [3.05, 3.63) is 29.3 Å². The Labute approximate surface area is 139 Å². The van der Waals surface area contributed by atoms with Crippen LogP contribution in [0.15, 0.2) is 34.3 Å². The van der Waals surface area contributed by atoms with Crippen molar-refractivity contribution in [2.45, 2.75) is 37.3 Å². The van der Waals surface area contributed by atoms with Gasteiger partial charge in [0, 0.05) is 15.6 Å². The fourth-order valence-corrected chi connectivity index (χ4v) is 2.46. The number of nitrogens with zero attached hydrogens (tertiary/aromatic N) is 1. The zero-order chi connectivity index (χ0) is 16.5. The summed E-state index contributed by atoms with van der Waals surface area (Å²) < 4.78 is 4.81. The molecule has 7 heteroatoms. The number of amides is 1. The van der Waals surface area contributed by atoms with Gasteiger partial charge in [-0.05, 0) is 45.0 Å². The first-order valence-corrected chi connectivity index (χ1v) is 8.09. The normalized spacial score (nSPS) is 12.6. The molecule has 22 heavy (non-hydrogen) atoms. The molecule has 0 aliphatic heterocycles. The molecule has 1 aromatic rings. The van der Waals surface area contributed by atoms with Gasteiger partial charge in [-0.1, -0.05) is 11.6 Å². The number of hydrogen-bond donors (Lipinski definition) is 1. The lowest BCUT2D eigenvalue weighted by Crippen LogP contribution is -2.28. The standard InChI is InChI=1S/C15H19ClN2O3S/c1-4-21-14(19)9-10(2)17-18-15(20)11(3)22-13-7-5-12(16)6-8-13/h5-8,11H,4,9H2,1-3H3,(H,18,20)/b17-10-/t11-/m1/s1. The summed E-state index contributed by atoms with van der Waals surface area (Å²) in [5.74, 6) is -0.593. The summed E-state index contributed by atoms with van der Waals surface area (Å²) in [5.41, 5.74) is 2.95. The highest BCUT2D eigenvalue weighted by molar-refractivity contribution is 8.00. The van der Waals surface area contributed by atoms with Gasteiger partial charge in [-0.2, -0.15) is 5.10 Å². The molecule has 0 saturated heterocycles. The largest absolute Gasteiger partial charge is 0.466 e. The van der Waals surface area contributed by atoms with E-state index in [1.165, 1.54) is 11.8 Å². The molecule has 0 aromatic heterocycles. The van der Waals surface area contributed by atoms with Crippen molar-refractivity contribution in [1.82, 2.24) is 5.43 Å². The Morgan fingerprint density at radius 3 is 2.59 bits per heavy atom. The molecule has 0 heterocycles. The number of carbonyl (C=O) groups excluding carboxylic acids is 2. The first-order chi connectivity index (χ1) is 10.4. The molecule has 1 atom stereocenters. The summed E-state index contributed by atoms with van der Waals surface area (Å²) in [5, 5.41) is 4.24. The number of esters is 1. The van der Waals surface area contributed by atoms with Gasteiger partial charge in [0.15, 0.2) is 0 Å². The van der Waals surface area contributed by atoms with Crippen LogP contribution in [0.2, 0.25) is 5.02 Å². The van der Waals surface area contributed by atoms with E-state index in [2.05, 4.69) is 10.5 Å². The zero-order valence-corrected chi connectivity index (χ0v) is 14.3. The molecular weight excluding hydrogens is 324 g/mol. The second kappa shape index (κ2) is 9.48. The van der Waals surface area contributed by atoms with E-state index in [9.17, 15) is 9.59 Å². The van der Waals surface area contributed by atoms with Crippen molar-refractivity contribution in [2.24, 2.45) is 5.10 Å². The van der Waals surface area contributed by atoms with Crippen LogP contribution in [0.3, 0.4) is 0 Å². The minimum Gasteiger partial charge on any atom is -0.466 e. The molecule has 0 fully saturated rings. The fourth-order valence-electron chi connectivity index (χ4n) is 1.47. The Hall–Kier alpha value is -1.53. The van der Waals surface area contributed by atoms with E-state index >= 15 is 0 Å². The quantitative estimate of drug-likeness (QED) is 0.357. The van der Waals surface area contributed by atoms with E-state index in [4.69, 9.17) is 16.3 Å². The molecule has 1 N–H and O–H groups in total. The van der Waals surface area contributed by atoms with Crippen LogP contribution in [0.1, 0.15) is 27.2 Å².